The summed E-state index contributed by atoms with van der Waals surface area (Å²) in [6, 6.07) is 9.44. The SMILES string of the molecule is CNC(Cc1ccc(Br)cc1)C1(CC(C)C)CCCC1. The van der Waals surface area contributed by atoms with Gasteiger partial charge in [0.15, 0.2) is 0 Å². The Kier molecular flexibility index (Phi) is 5.68. The van der Waals surface area contributed by atoms with E-state index in [0.29, 0.717) is 11.5 Å². The van der Waals surface area contributed by atoms with E-state index in [2.05, 4.69) is 66.4 Å². The molecular formula is C18H28BrN. The van der Waals surface area contributed by atoms with Gasteiger partial charge in [0.1, 0.15) is 0 Å². The lowest BCUT2D eigenvalue weighted by Crippen LogP contribution is -2.44. The van der Waals surface area contributed by atoms with Gasteiger partial charge in [0.2, 0.25) is 0 Å². The van der Waals surface area contributed by atoms with Gasteiger partial charge in [0.05, 0.1) is 0 Å². The van der Waals surface area contributed by atoms with Crippen molar-refractivity contribution in [2.24, 2.45) is 11.3 Å². The van der Waals surface area contributed by atoms with E-state index in [4.69, 9.17) is 0 Å². The van der Waals surface area contributed by atoms with Crippen molar-refractivity contribution >= 4 is 15.9 Å². The molecule has 1 aliphatic carbocycles. The van der Waals surface area contributed by atoms with E-state index in [0.717, 1.165) is 12.3 Å². The molecule has 0 aliphatic heterocycles. The standard InChI is InChI=1S/C18H28BrN/c1-14(2)13-18(10-4-5-11-18)17(20-3)12-15-6-8-16(19)9-7-15/h6-9,14,17,20H,4-5,10-13H2,1-3H3. The van der Waals surface area contributed by atoms with Gasteiger partial charge in [-0.2, -0.15) is 0 Å². The highest BCUT2D eigenvalue weighted by Crippen LogP contribution is 2.46. The van der Waals surface area contributed by atoms with Gasteiger partial charge in [-0.1, -0.05) is 54.8 Å². The van der Waals surface area contributed by atoms with E-state index in [1.807, 2.05) is 0 Å². The minimum absolute atomic E-state index is 0.510. The molecule has 0 spiro atoms. The molecule has 2 heteroatoms. The topological polar surface area (TPSA) is 12.0 Å². The zero-order valence-electron chi connectivity index (χ0n) is 13.1. The summed E-state index contributed by atoms with van der Waals surface area (Å²) in [4.78, 5) is 0. The van der Waals surface area contributed by atoms with Crippen molar-refractivity contribution in [3.8, 4) is 0 Å². The summed E-state index contributed by atoms with van der Waals surface area (Å²) in [5.74, 6) is 0.786. The quantitative estimate of drug-likeness (QED) is 0.753. The van der Waals surface area contributed by atoms with Gasteiger partial charge in [-0.3, -0.25) is 0 Å². The summed E-state index contributed by atoms with van der Waals surface area (Å²) in [7, 11) is 2.14. The molecule has 0 aromatic heterocycles. The molecule has 1 nitrogen and oxygen atoms in total. The third-order valence-corrected chi connectivity index (χ3v) is 5.38. The molecule has 1 N–H and O–H groups in total. The minimum Gasteiger partial charge on any atom is -0.316 e. The van der Waals surface area contributed by atoms with Crippen LogP contribution < -0.4 is 5.32 Å². The van der Waals surface area contributed by atoms with Crippen molar-refractivity contribution < 1.29 is 0 Å². The Bertz CT molecular complexity index is 404. The zero-order chi connectivity index (χ0) is 14.6. The van der Waals surface area contributed by atoms with Gasteiger partial charge in [-0.05, 0) is 61.8 Å². The minimum atomic E-state index is 0.510. The van der Waals surface area contributed by atoms with Crippen LogP contribution in [0.25, 0.3) is 0 Å². The summed E-state index contributed by atoms with van der Waals surface area (Å²) >= 11 is 3.52. The Balaban J connectivity index is 2.14. The highest BCUT2D eigenvalue weighted by atomic mass is 79.9. The van der Waals surface area contributed by atoms with Crippen molar-refractivity contribution in [3.05, 3.63) is 34.3 Å². The fourth-order valence-electron chi connectivity index (χ4n) is 4.07. The third kappa shape index (κ3) is 3.85. The Labute approximate surface area is 132 Å². The maximum absolute atomic E-state index is 3.64. The monoisotopic (exact) mass is 337 g/mol. The number of halogens is 1. The average Bonchev–Trinajstić information content (AvgIpc) is 2.86. The first-order valence-corrected chi connectivity index (χ1v) is 8.77. The Morgan fingerprint density at radius 3 is 2.25 bits per heavy atom. The summed E-state index contributed by atoms with van der Waals surface area (Å²) < 4.78 is 1.17. The van der Waals surface area contributed by atoms with Crippen LogP contribution in [0.3, 0.4) is 0 Å². The molecule has 0 bridgehead atoms. The highest BCUT2D eigenvalue weighted by molar-refractivity contribution is 9.10. The first kappa shape index (κ1) is 16.0. The molecule has 2 rings (SSSR count). The number of hydrogen-bond donors (Lipinski definition) is 1. The Hall–Kier alpha value is -0.340. The molecule has 1 aromatic rings. The van der Waals surface area contributed by atoms with Gasteiger partial charge >= 0.3 is 0 Å². The largest absolute Gasteiger partial charge is 0.316 e. The van der Waals surface area contributed by atoms with Crippen LogP contribution in [0.15, 0.2) is 28.7 Å². The van der Waals surface area contributed by atoms with E-state index in [9.17, 15) is 0 Å². The second-order valence-electron chi connectivity index (χ2n) is 6.84. The van der Waals surface area contributed by atoms with Crippen molar-refractivity contribution in [1.29, 1.82) is 0 Å². The van der Waals surface area contributed by atoms with E-state index >= 15 is 0 Å². The molecule has 112 valence electrons. The maximum Gasteiger partial charge on any atom is 0.0175 e. The lowest BCUT2D eigenvalue weighted by atomic mass is 9.71. The molecule has 0 amide bonds. The van der Waals surface area contributed by atoms with Gasteiger partial charge in [0, 0.05) is 10.5 Å². The van der Waals surface area contributed by atoms with Crippen LogP contribution in [-0.2, 0) is 6.42 Å². The molecule has 0 radical (unpaired) electrons. The molecule has 1 atom stereocenters. The van der Waals surface area contributed by atoms with Crippen LogP contribution in [0.5, 0.6) is 0 Å². The van der Waals surface area contributed by atoms with Gasteiger partial charge < -0.3 is 5.32 Å². The fourth-order valence-corrected chi connectivity index (χ4v) is 4.33. The molecule has 1 aliphatic rings. The lowest BCUT2D eigenvalue weighted by Gasteiger charge is -2.39. The predicted molar refractivity (Wildman–Crippen MR) is 91.0 cm³/mol. The van der Waals surface area contributed by atoms with Crippen LogP contribution in [-0.4, -0.2) is 13.1 Å². The van der Waals surface area contributed by atoms with E-state index in [-0.39, 0.29) is 0 Å². The summed E-state index contributed by atoms with van der Waals surface area (Å²) in [5.41, 5.74) is 1.96. The Morgan fingerprint density at radius 2 is 1.75 bits per heavy atom. The molecular weight excluding hydrogens is 310 g/mol. The molecule has 20 heavy (non-hydrogen) atoms. The van der Waals surface area contributed by atoms with Gasteiger partial charge in [-0.15, -0.1) is 0 Å². The van der Waals surface area contributed by atoms with Crippen LogP contribution >= 0.6 is 15.9 Å². The smallest absolute Gasteiger partial charge is 0.0175 e. The molecule has 0 saturated heterocycles. The van der Waals surface area contributed by atoms with E-state index in [1.54, 1.807) is 0 Å². The van der Waals surface area contributed by atoms with Crippen LogP contribution in [0.4, 0.5) is 0 Å². The number of likely N-dealkylation sites (N-methyl/N-ethyl adjacent to an activating group) is 1. The molecule has 1 saturated carbocycles. The van der Waals surface area contributed by atoms with Gasteiger partial charge in [-0.25, -0.2) is 0 Å². The van der Waals surface area contributed by atoms with Crippen molar-refractivity contribution in [3.63, 3.8) is 0 Å². The first-order chi connectivity index (χ1) is 9.55. The molecule has 0 heterocycles. The molecule has 1 unspecified atom stereocenters. The highest BCUT2D eigenvalue weighted by Gasteiger charge is 2.40. The van der Waals surface area contributed by atoms with Crippen molar-refractivity contribution in [2.45, 2.75) is 58.4 Å². The molecule has 1 aromatic carbocycles. The second-order valence-corrected chi connectivity index (χ2v) is 7.75. The van der Waals surface area contributed by atoms with Crippen LogP contribution in [0, 0.1) is 11.3 Å². The second kappa shape index (κ2) is 7.09. The van der Waals surface area contributed by atoms with E-state index in [1.165, 1.54) is 42.1 Å². The van der Waals surface area contributed by atoms with Crippen LogP contribution in [0.2, 0.25) is 0 Å². The average molecular weight is 338 g/mol. The summed E-state index contributed by atoms with van der Waals surface area (Å²) in [6.07, 6.45) is 8.11. The zero-order valence-corrected chi connectivity index (χ0v) is 14.7. The van der Waals surface area contributed by atoms with Crippen LogP contribution in [0.1, 0.15) is 51.5 Å². The third-order valence-electron chi connectivity index (χ3n) is 4.85. The molecule has 1 fully saturated rings. The fraction of sp³-hybridized carbons (Fsp3) is 0.667. The van der Waals surface area contributed by atoms with E-state index < -0.39 is 0 Å². The first-order valence-electron chi connectivity index (χ1n) is 7.97. The number of benzene rings is 1. The Morgan fingerprint density at radius 1 is 1.15 bits per heavy atom. The number of hydrogen-bond acceptors (Lipinski definition) is 1. The van der Waals surface area contributed by atoms with Gasteiger partial charge in [0.25, 0.3) is 0 Å². The predicted octanol–water partition coefficient (Wildman–Crippen LogP) is 5.19. The van der Waals surface area contributed by atoms with Crippen molar-refractivity contribution in [1.82, 2.24) is 5.32 Å². The lowest BCUT2D eigenvalue weighted by molar-refractivity contribution is 0.160. The number of nitrogens with one attached hydrogen (secondary N) is 1. The maximum atomic E-state index is 3.64. The van der Waals surface area contributed by atoms with Crippen molar-refractivity contribution in [2.75, 3.05) is 7.05 Å². The number of rotatable bonds is 6. The normalized spacial score (nSPS) is 19.4. The summed E-state index contributed by atoms with van der Waals surface area (Å²) in [5, 5.41) is 3.64. The summed E-state index contributed by atoms with van der Waals surface area (Å²) in [6.45, 7) is 4.73.